The Kier molecular flexibility index (Phi) is 4.61. The van der Waals surface area contributed by atoms with Gasteiger partial charge in [-0.05, 0) is 50.0 Å². The average Bonchev–Trinajstić information content (AvgIpc) is 2.92. The normalized spacial score (nSPS) is 19.1. The largest absolute Gasteiger partial charge is 0.497 e. The molecule has 0 saturated carbocycles. The molecule has 3 nitrogen and oxygen atoms in total. The fourth-order valence-corrected chi connectivity index (χ4v) is 2.80. The molecule has 0 aliphatic carbocycles. The molecule has 2 rings (SSSR count). The maximum absolute atomic E-state index is 6.66. The summed E-state index contributed by atoms with van der Waals surface area (Å²) < 4.78 is 5.30. The van der Waals surface area contributed by atoms with E-state index in [1.54, 1.807) is 7.11 Å². The first-order valence-electron chi connectivity index (χ1n) is 6.94. The molecule has 1 aromatic carbocycles. The molecule has 1 saturated heterocycles. The van der Waals surface area contributed by atoms with Gasteiger partial charge in [0.2, 0.25) is 0 Å². The molecule has 0 aromatic heterocycles. The van der Waals surface area contributed by atoms with Gasteiger partial charge in [0.25, 0.3) is 0 Å². The number of nitrogens with zero attached hydrogens (tertiary/aromatic N) is 1. The van der Waals surface area contributed by atoms with Crippen molar-refractivity contribution in [1.29, 1.82) is 0 Å². The minimum atomic E-state index is -0.374. The van der Waals surface area contributed by atoms with Crippen molar-refractivity contribution >= 4 is 0 Å². The first-order valence-corrected chi connectivity index (χ1v) is 6.94. The van der Waals surface area contributed by atoms with Crippen LogP contribution in [0.3, 0.4) is 0 Å². The monoisotopic (exact) mass is 260 g/mol. The molecular formula is C16H24N2O. The summed E-state index contributed by atoms with van der Waals surface area (Å²) in [7, 11) is 1.69. The molecule has 1 fully saturated rings. The number of nitrogens with two attached hydrogens (primary N) is 1. The highest BCUT2D eigenvalue weighted by Gasteiger charge is 2.30. The van der Waals surface area contributed by atoms with Crippen molar-refractivity contribution in [1.82, 2.24) is 4.90 Å². The molecule has 1 aliphatic rings. The van der Waals surface area contributed by atoms with Gasteiger partial charge in [0, 0.05) is 6.54 Å². The lowest BCUT2D eigenvalue weighted by Gasteiger charge is -2.33. The number of hydrogen-bond acceptors (Lipinski definition) is 3. The standard InChI is InChI=1S/C16H24N2O/c1-3-9-16(17,13-18-10-4-5-11-18)14-7-6-8-15(12-14)19-2/h3,6-8,12H,1,4-5,9-11,13,17H2,2H3. The summed E-state index contributed by atoms with van der Waals surface area (Å²) in [5, 5.41) is 0. The van der Waals surface area contributed by atoms with Gasteiger partial charge < -0.3 is 15.4 Å². The maximum Gasteiger partial charge on any atom is 0.119 e. The quantitative estimate of drug-likeness (QED) is 0.799. The predicted octanol–water partition coefficient (Wildman–Crippen LogP) is 2.52. The fourth-order valence-electron chi connectivity index (χ4n) is 2.80. The molecule has 3 heteroatoms. The van der Waals surface area contributed by atoms with E-state index in [4.69, 9.17) is 10.5 Å². The third-order valence-electron chi connectivity index (χ3n) is 3.86. The number of ether oxygens (including phenoxy) is 1. The minimum absolute atomic E-state index is 0.374. The summed E-state index contributed by atoms with van der Waals surface area (Å²) in [6, 6.07) is 8.08. The second-order valence-corrected chi connectivity index (χ2v) is 5.36. The summed E-state index contributed by atoms with van der Waals surface area (Å²) in [6.45, 7) is 7.05. The van der Waals surface area contributed by atoms with Crippen molar-refractivity contribution in [2.45, 2.75) is 24.8 Å². The van der Waals surface area contributed by atoms with Crippen LogP contribution in [0, 0.1) is 0 Å². The highest BCUT2D eigenvalue weighted by molar-refractivity contribution is 5.34. The molecule has 1 aromatic rings. The van der Waals surface area contributed by atoms with Crippen LogP contribution in [0.15, 0.2) is 36.9 Å². The Labute approximate surface area is 116 Å². The van der Waals surface area contributed by atoms with Crippen LogP contribution in [0.2, 0.25) is 0 Å². The van der Waals surface area contributed by atoms with E-state index >= 15 is 0 Å². The third-order valence-corrected chi connectivity index (χ3v) is 3.86. The predicted molar refractivity (Wildman–Crippen MR) is 79.3 cm³/mol. The lowest BCUT2D eigenvalue weighted by atomic mass is 9.87. The van der Waals surface area contributed by atoms with Gasteiger partial charge in [-0.2, -0.15) is 0 Å². The molecule has 2 N–H and O–H groups in total. The smallest absolute Gasteiger partial charge is 0.119 e. The zero-order chi connectivity index (χ0) is 13.7. The van der Waals surface area contributed by atoms with E-state index in [1.807, 2.05) is 24.3 Å². The summed E-state index contributed by atoms with van der Waals surface area (Å²) >= 11 is 0. The van der Waals surface area contributed by atoms with E-state index in [-0.39, 0.29) is 5.54 Å². The Bertz CT molecular complexity index is 427. The Balaban J connectivity index is 2.22. The van der Waals surface area contributed by atoms with Gasteiger partial charge in [0.05, 0.1) is 12.6 Å². The van der Waals surface area contributed by atoms with E-state index in [0.29, 0.717) is 0 Å². The molecule has 104 valence electrons. The second kappa shape index (κ2) is 6.22. The Morgan fingerprint density at radius 1 is 1.42 bits per heavy atom. The topological polar surface area (TPSA) is 38.5 Å². The highest BCUT2D eigenvalue weighted by atomic mass is 16.5. The fraction of sp³-hybridized carbons (Fsp3) is 0.500. The molecular weight excluding hydrogens is 236 g/mol. The number of benzene rings is 1. The minimum Gasteiger partial charge on any atom is -0.497 e. The summed E-state index contributed by atoms with van der Waals surface area (Å²) in [5.74, 6) is 0.859. The van der Waals surface area contributed by atoms with Gasteiger partial charge >= 0.3 is 0 Å². The van der Waals surface area contributed by atoms with Crippen LogP contribution in [-0.2, 0) is 5.54 Å². The van der Waals surface area contributed by atoms with Crippen molar-refractivity contribution < 1.29 is 4.74 Å². The van der Waals surface area contributed by atoms with Gasteiger partial charge in [-0.15, -0.1) is 6.58 Å². The molecule has 1 atom stereocenters. The number of likely N-dealkylation sites (tertiary alicyclic amines) is 1. The van der Waals surface area contributed by atoms with Gasteiger partial charge in [-0.3, -0.25) is 0 Å². The van der Waals surface area contributed by atoms with Gasteiger partial charge in [-0.1, -0.05) is 18.2 Å². The number of methoxy groups -OCH3 is 1. The zero-order valence-electron chi connectivity index (χ0n) is 11.8. The summed E-state index contributed by atoms with van der Waals surface area (Å²) in [4.78, 5) is 2.45. The SMILES string of the molecule is C=CCC(N)(CN1CCCC1)c1cccc(OC)c1. The van der Waals surface area contributed by atoms with Crippen LogP contribution < -0.4 is 10.5 Å². The molecule has 1 heterocycles. The molecule has 0 amide bonds. The van der Waals surface area contributed by atoms with Gasteiger partial charge in [-0.25, -0.2) is 0 Å². The molecule has 1 aliphatic heterocycles. The van der Waals surface area contributed by atoms with Crippen molar-refractivity contribution in [3.05, 3.63) is 42.5 Å². The van der Waals surface area contributed by atoms with E-state index < -0.39 is 0 Å². The highest BCUT2D eigenvalue weighted by Crippen LogP contribution is 2.28. The Morgan fingerprint density at radius 2 is 2.16 bits per heavy atom. The van der Waals surface area contributed by atoms with Crippen LogP contribution in [-0.4, -0.2) is 31.6 Å². The van der Waals surface area contributed by atoms with Crippen molar-refractivity contribution in [3.63, 3.8) is 0 Å². The van der Waals surface area contributed by atoms with E-state index in [1.165, 1.54) is 12.8 Å². The van der Waals surface area contributed by atoms with Crippen molar-refractivity contribution in [3.8, 4) is 5.75 Å². The van der Waals surface area contributed by atoms with E-state index in [2.05, 4.69) is 17.5 Å². The van der Waals surface area contributed by atoms with Gasteiger partial charge in [0.1, 0.15) is 5.75 Å². The number of hydrogen-bond donors (Lipinski definition) is 1. The van der Waals surface area contributed by atoms with Crippen molar-refractivity contribution in [2.75, 3.05) is 26.7 Å². The Hall–Kier alpha value is -1.32. The van der Waals surface area contributed by atoms with Crippen LogP contribution in [0.4, 0.5) is 0 Å². The Morgan fingerprint density at radius 3 is 2.79 bits per heavy atom. The summed E-state index contributed by atoms with van der Waals surface area (Å²) in [6.07, 6.45) is 5.25. The molecule has 1 unspecified atom stereocenters. The van der Waals surface area contributed by atoms with Crippen LogP contribution >= 0.6 is 0 Å². The maximum atomic E-state index is 6.66. The lowest BCUT2D eigenvalue weighted by molar-refractivity contribution is 0.247. The average molecular weight is 260 g/mol. The van der Waals surface area contributed by atoms with E-state index in [9.17, 15) is 0 Å². The second-order valence-electron chi connectivity index (χ2n) is 5.36. The first-order chi connectivity index (χ1) is 9.18. The van der Waals surface area contributed by atoms with Crippen molar-refractivity contribution in [2.24, 2.45) is 5.73 Å². The van der Waals surface area contributed by atoms with Crippen LogP contribution in [0.5, 0.6) is 5.75 Å². The number of rotatable bonds is 6. The summed E-state index contributed by atoms with van der Waals surface area (Å²) in [5.41, 5.74) is 7.41. The molecule has 0 spiro atoms. The third kappa shape index (κ3) is 3.37. The first kappa shape index (κ1) is 14.1. The van der Waals surface area contributed by atoms with Gasteiger partial charge in [0.15, 0.2) is 0 Å². The molecule has 19 heavy (non-hydrogen) atoms. The molecule has 0 radical (unpaired) electrons. The lowest BCUT2D eigenvalue weighted by Crippen LogP contribution is -2.46. The molecule has 0 bridgehead atoms. The van der Waals surface area contributed by atoms with E-state index in [0.717, 1.165) is 37.4 Å². The van der Waals surface area contributed by atoms with Crippen LogP contribution in [0.25, 0.3) is 0 Å². The van der Waals surface area contributed by atoms with Crippen LogP contribution in [0.1, 0.15) is 24.8 Å². The zero-order valence-corrected chi connectivity index (χ0v) is 11.8.